The topological polar surface area (TPSA) is 320 Å². The SMILES string of the molecule is NCCCC[C@H](N)C(=O)NCCCN(CCCNC(=O)[C@@H](N)CCCCN)CCOc1ccc(CCCCN=C(N)NC(=O)c2nc(Cl)c(N)nc2N)cc1. The standard InChI is InChI=1S/C36H63ClN14O4/c37-30-32(43)49-31(42)29(48-30)35(54)50-36(44)47-18-6-3-9-25-12-14-26(15-13-25)55-24-23-51(21-7-19-45-33(52)27(40)10-1-4-16-38)22-8-20-46-34(53)28(41)11-2-5-17-39/h12-15,27-28H,1-11,16-24,38-41H2,(H,45,52)(H,46,53)(H4,42,43,49)(H3,44,47,50,54)/t27-,28-/m0/s1. The highest BCUT2D eigenvalue weighted by molar-refractivity contribution is 6.31. The number of nitrogen functional groups attached to an aromatic ring is 2. The zero-order chi connectivity index (χ0) is 40.4. The fourth-order valence-corrected chi connectivity index (χ4v) is 5.54. The van der Waals surface area contributed by atoms with Crippen molar-refractivity contribution in [1.82, 2.24) is 30.8 Å². The largest absolute Gasteiger partial charge is 0.492 e. The first-order chi connectivity index (χ1) is 26.4. The molecule has 17 N–H and O–H groups in total. The average molecular weight is 791 g/mol. The third-order valence-corrected chi connectivity index (χ3v) is 8.91. The molecule has 0 aliphatic rings. The van der Waals surface area contributed by atoms with Gasteiger partial charge in [0.15, 0.2) is 28.4 Å². The summed E-state index contributed by atoms with van der Waals surface area (Å²) in [6.07, 6.45) is 8.47. The number of hydrogen-bond donors (Lipinski definition) is 10. The average Bonchev–Trinajstić information content (AvgIpc) is 3.16. The van der Waals surface area contributed by atoms with Crippen molar-refractivity contribution in [2.45, 2.75) is 82.7 Å². The minimum atomic E-state index is -0.684. The van der Waals surface area contributed by atoms with Crippen LogP contribution in [0.4, 0.5) is 11.6 Å². The van der Waals surface area contributed by atoms with Crippen molar-refractivity contribution in [1.29, 1.82) is 0 Å². The number of guanidine groups is 1. The Bertz CT molecular complexity index is 1430. The molecule has 55 heavy (non-hydrogen) atoms. The number of aromatic nitrogens is 2. The van der Waals surface area contributed by atoms with Gasteiger partial charge in [0.1, 0.15) is 12.4 Å². The molecule has 0 radical (unpaired) electrons. The molecule has 1 heterocycles. The van der Waals surface area contributed by atoms with Crippen LogP contribution in [0, 0.1) is 0 Å². The van der Waals surface area contributed by atoms with E-state index in [2.05, 4.69) is 35.8 Å². The number of hydrogen-bond acceptors (Lipinski definition) is 14. The van der Waals surface area contributed by atoms with Gasteiger partial charge in [-0.3, -0.25) is 29.6 Å². The van der Waals surface area contributed by atoms with E-state index < -0.39 is 18.0 Å². The van der Waals surface area contributed by atoms with Gasteiger partial charge in [-0.1, -0.05) is 36.6 Å². The van der Waals surface area contributed by atoms with Gasteiger partial charge in [-0.25, -0.2) is 9.97 Å². The number of anilines is 2. The predicted molar refractivity (Wildman–Crippen MR) is 218 cm³/mol. The van der Waals surface area contributed by atoms with Crippen LogP contribution in [0.2, 0.25) is 5.15 Å². The van der Waals surface area contributed by atoms with Crippen molar-refractivity contribution in [3.05, 3.63) is 40.7 Å². The molecule has 3 amide bonds. The molecule has 2 rings (SSSR count). The Labute approximate surface area is 329 Å². The molecule has 0 spiro atoms. The summed E-state index contributed by atoms with van der Waals surface area (Å²) in [5.74, 6) is -0.530. The second-order valence-electron chi connectivity index (χ2n) is 13.2. The van der Waals surface area contributed by atoms with Gasteiger partial charge in [-0.05, 0) is 102 Å². The molecule has 0 saturated heterocycles. The molecular weight excluding hydrogens is 728 g/mol. The summed E-state index contributed by atoms with van der Waals surface area (Å²) in [5.41, 5.74) is 41.2. The molecule has 1 aromatic carbocycles. The Morgan fingerprint density at radius 2 is 1.36 bits per heavy atom. The number of halogens is 1. The first-order valence-corrected chi connectivity index (χ1v) is 19.4. The molecule has 0 fully saturated rings. The van der Waals surface area contributed by atoms with E-state index in [0.717, 1.165) is 82.2 Å². The quantitative estimate of drug-likeness (QED) is 0.0308. The van der Waals surface area contributed by atoms with Crippen LogP contribution in [0.25, 0.3) is 0 Å². The number of benzene rings is 1. The van der Waals surface area contributed by atoms with Crippen LogP contribution in [-0.4, -0.2) is 110 Å². The van der Waals surface area contributed by atoms with E-state index in [-0.39, 0.29) is 40.3 Å². The molecule has 0 saturated carbocycles. The van der Waals surface area contributed by atoms with Crippen molar-refractivity contribution < 1.29 is 19.1 Å². The maximum Gasteiger partial charge on any atom is 0.280 e. The summed E-state index contributed by atoms with van der Waals surface area (Å²) < 4.78 is 6.06. The number of carbonyl (C=O) groups excluding carboxylic acids is 3. The minimum absolute atomic E-state index is 0.0679. The first kappa shape index (κ1) is 46.8. The number of unbranched alkanes of at least 4 members (excludes halogenated alkanes) is 3. The van der Waals surface area contributed by atoms with Crippen molar-refractivity contribution in [2.24, 2.45) is 33.7 Å². The van der Waals surface area contributed by atoms with E-state index in [0.29, 0.717) is 58.7 Å². The monoisotopic (exact) mass is 790 g/mol. The Kier molecular flexibility index (Phi) is 23.2. The summed E-state index contributed by atoms with van der Waals surface area (Å²) in [6, 6.07) is 6.88. The van der Waals surface area contributed by atoms with Gasteiger partial charge in [0.2, 0.25) is 11.8 Å². The Morgan fingerprint density at radius 3 is 1.93 bits per heavy atom. The third kappa shape index (κ3) is 19.7. The molecule has 0 unspecified atom stereocenters. The smallest absolute Gasteiger partial charge is 0.280 e. The van der Waals surface area contributed by atoms with E-state index in [1.807, 2.05) is 24.3 Å². The molecule has 0 aliphatic heterocycles. The number of aryl methyl sites for hydroxylation is 1. The lowest BCUT2D eigenvalue weighted by atomic mass is 10.1. The fraction of sp³-hybridized carbons (Fsp3) is 0.611. The summed E-state index contributed by atoms with van der Waals surface area (Å²) in [5, 5.41) is 8.16. The van der Waals surface area contributed by atoms with Crippen molar-refractivity contribution in [3.8, 4) is 5.75 Å². The highest BCUT2D eigenvalue weighted by atomic mass is 35.5. The molecular formula is C36H63ClN14O4. The molecule has 308 valence electrons. The van der Waals surface area contributed by atoms with Gasteiger partial charge in [-0.15, -0.1) is 0 Å². The number of carbonyl (C=O) groups is 3. The predicted octanol–water partition coefficient (Wildman–Crippen LogP) is -0.0322. The van der Waals surface area contributed by atoms with E-state index in [9.17, 15) is 14.4 Å². The van der Waals surface area contributed by atoms with Crippen molar-refractivity contribution in [3.63, 3.8) is 0 Å². The number of amides is 3. The van der Waals surface area contributed by atoms with E-state index >= 15 is 0 Å². The summed E-state index contributed by atoms with van der Waals surface area (Å²) in [7, 11) is 0. The number of aliphatic imine (C=N–C) groups is 1. The van der Waals surface area contributed by atoms with E-state index in [1.165, 1.54) is 0 Å². The minimum Gasteiger partial charge on any atom is -0.492 e. The highest BCUT2D eigenvalue weighted by Gasteiger charge is 2.17. The van der Waals surface area contributed by atoms with E-state index in [4.69, 9.17) is 56.5 Å². The molecule has 2 aromatic rings. The van der Waals surface area contributed by atoms with Crippen LogP contribution >= 0.6 is 11.6 Å². The fourth-order valence-electron chi connectivity index (χ4n) is 5.41. The Morgan fingerprint density at radius 1 is 0.782 bits per heavy atom. The molecule has 18 nitrogen and oxygen atoms in total. The van der Waals surface area contributed by atoms with Gasteiger partial charge < -0.3 is 55.5 Å². The molecule has 2 atom stereocenters. The highest BCUT2D eigenvalue weighted by Crippen LogP contribution is 2.17. The van der Waals surface area contributed by atoms with Gasteiger partial charge in [-0.2, -0.15) is 0 Å². The number of rotatable bonds is 28. The normalized spacial score (nSPS) is 12.7. The molecule has 19 heteroatoms. The first-order valence-electron chi connectivity index (χ1n) is 19.1. The number of nitrogens with one attached hydrogen (secondary N) is 3. The van der Waals surface area contributed by atoms with Crippen molar-refractivity contribution >= 4 is 46.9 Å². The number of nitrogens with two attached hydrogens (primary N) is 7. The lowest BCUT2D eigenvalue weighted by Crippen LogP contribution is -2.42. The number of nitrogens with zero attached hydrogens (tertiary/aromatic N) is 4. The lowest BCUT2D eigenvalue weighted by molar-refractivity contribution is -0.123. The third-order valence-electron chi connectivity index (χ3n) is 8.63. The van der Waals surface area contributed by atoms with Crippen LogP contribution < -0.4 is 60.8 Å². The van der Waals surface area contributed by atoms with Gasteiger partial charge in [0.05, 0.1) is 12.1 Å². The summed E-state index contributed by atoms with van der Waals surface area (Å²) >= 11 is 5.84. The maximum absolute atomic E-state index is 12.4. The zero-order valence-corrected chi connectivity index (χ0v) is 32.7. The van der Waals surface area contributed by atoms with Crippen LogP contribution in [0.3, 0.4) is 0 Å². The second-order valence-corrected chi connectivity index (χ2v) is 13.6. The molecule has 0 bridgehead atoms. The number of ether oxygens (including phenoxy) is 1. The maximum atomic E-state index is 12.4. The Hall–Kier alpha value is -4.33. The van der Waals surface area contributed by atoms with Crippen LogP contribution in [0.5, 0.6) is 5.75 Å². The van der Waals surface area contributed by atoms with Gasteiger partial charge in [0.25, 0.3) is 5.91 Å². The van der Waals surface area contributed by atoms with E-state index in [1.54, 1.807) is 0 Å². The summed E-state index contributed by atoms with van der Waals surface area (Å²) in [4.78, 5) is 51.2. The molecule has 0 aliphatic carbocycles. The van der Waals surface area contributed by atoms with Crippen LogP contribution in [0.15, 0.2) is 29.3 Å². The zero-order valence-electron chi connectivity index (χ0n) is 31.9. The molecule has 1 aromatic heterocycles. The van der Waals surface area contributed by atoms with Crippen molar-refractivity contribution in [2.75, 3.05) is 70.4 Å². The Balaban J connectivity index is 1.77. The van der Waals surface area contributed by atoms with Gasteiger partial charge in [0, 0.05) is 26.2 Å². The van der Waals surface area contributed by atoms with Gasteiger partial charge >= 0.3 is 0 Å². The van der Waals surface area contributed by atoms with Crippen LogP contribution in [-0.2, 0) is 16.0 Å². The van der Waals surface area contributed by atoms with Crippen LogP contribution in [0.1, 0.15) is 80.3 Å². The lowest BCUT2D eigenvalue weighted by Gasteiger charge is -2.23. The second kappa shape index (κ2) is 27.3. The summed E-state index contributed by atoms with van der Waals surface area (Å²) in [6.45, 7) is 5.22.